The zero-order chi connectivity index (χ0) is 22.8. The second-order valence-electron chi connectivity index (χ2n) is 7.45. The lowest BCUT2D eigenvalue weighted by Crippen LogP contribution is -2.58. The van der Waals surface area contributed by atoms with Crippen LogP contribution >= 0.6 is 12.6 Å². The molecule has 1 heterocycles. The molecule has 0 saturated carbocycles. The van der Waals surface area contributed by atoms with Gasteiger partial charge >= 0.3 is 11.9 Å². The molecule has 170 valence electrons. The van der Waals surface area contributed by atoms with E-state index in [1.165, 1.54) is 0 Å². The monoisotopic (exact) mass is 446 g/mol. The zero-order valence-corrected chi connectivity index (χ0v) is 17.9. The molecule has 1 saturated heterocycles. The largest absolute Gasteiger partial charge is 0.481 e. The first-order chi connectivity index (χ1) is 14.1. The van der Waals surface area contributed by atoms with E-state index in [-0.39, 0.29) is 24.5 Å². The van der Waals surface area contributed by atoms with Crippen LogP contribution in [-0.4, -0.2) is 76.3 Å². The number of nitrogens with one attached hydrogen (secondary N) is 4. The topological polar surface area (TPSA) is 174 Å². The Hall–Kier alpha value is -2.34. The van der Waals surface area contributed by atoms with Crippen molar-refractivity contribution in [1.82, 2.24) is 21.3 Å². The highest BCUT2D eigenvalue weighted by Crippen LogP contribution is 2.08. The minimum Gasteiger partial charge on any atom is -0.481 e. The fourth-order valence-corrected chi connectivity index (χ4v) is 3.21. The van der Waals surface area contributed by atoms with Crippen molar-refractivity contribution in [2.75, 3.05) is 12.3 Å². The van der Waals surface area contributed by atoms with Gasteiger partial charge in [0.15, 0.2) is 0 Å². The Labute approximate surface area is 180 Å². The van der Waals surface area contributed by atoms with Crippen LogP contribution in [0.2, 0.25) is 0 Å². The molecule has 0 bridgehead atoms. The van der Waals surface area contributed by atoms with E-state index >= 15 is 0 Å². The van der Waals surface area contributed by atoms with Crippen molar-refractivity contribution in [2.45, 2.75) is 63.7 Å². The molecule has 4 atom stereocenters. The maximum absolute atomic E-state index is 12.7. The third kappa shape index (κ3) is 8.19. The number of amides is 3. The van der Waals surface area contributed by atoms with Crippen molar-refractivity contribution in [3.63, 3.8) is 0 Å². The molecule has 0 aromatic carbocycles. The number of aliphatic carboxylic acids is 2. The fourth-order valence-electron chi connectivity index (χ4n) is 2.95. The molecule has 0 aromatic rings. The highest BCUT2D eigenvalue weighted by atomic mass is 32.1. The lowest BCUT2D eigenvalue weighted by molar-refractivity contribution is -0.143. The van der Waals surface area contributed by atoms with Crippen LogP contribution in [0.1, 0.15) is 39.5 Å². The Bertz CT molecular complexity index is 652. The van der Waals surface area contributed by atoms with Crippen LogP contribution in [0.15, 0.2) is 0 Å². The number of hydrogen-bond donors (Lipinski definition) is 7. The summed E-state index contributed by atoms with van der Waals surface area (Å²) in [5, 5.41) is 28.4. The van der Waals surface area contributed by atoms with Gasteiger partial charge in [0, 0.05) is 12.2 Å². The molecule has 1 rings (SSSR count). The van der Waals surface area contributed by atoms with E-state index in [2.05, 4.69) is 33.9 Å². The Morgan fingerprint density at radius 3 is 2.13 bits per heavy atom. The minimum atomic E-state index is -1.21. The predicted octanol–water partition coefficient (Wildman–Crippen LogP) is -1.27. The lowest BCUT2D eigenvalue weighted by atomic mass is 10.0. The summed E-state index contributed by atoms with van der Waals surface area (Å²) >= 11 is 4.04. The van der Waals surface area contributed by atoms with E-state index in [4.69, 9.17) is 5.11 Å². The summed E-state index contributed by atoms with van der Waals surface area (Å²) in [5.41, 5.74) is 0. The van der Waals surface area contributed by atoms with Crippen molar-refractivity contribution in [3.05, 3.63) is 0 Å². The first-order valence-electron chi connectivity index (χ1n) is 9.76. The summed E-state index contributed by atoms with van der Waals surface area (Å²) in [4.78, 5) is 59.6. The van der Waals surface area contributed by atoms with Gasteiger partial charge in [0.2, 0.25) is 17.7 Å². The smallest absolute Gasteiger partial charge is 0.326 e. The summed E-state index contributed by atoms with van der Waals surface area (Å²) in [7, 11) is 0. The second-order valence-corrected chi connectivity index (χ2v) is 7.82. The molecule has 0 radical (unpaired) electrons. The summed E-state index contributed by atoms with van der Waals surface area (Å²) in [6, 6.07) is -3.92. The highest BCUT2D eigenvalue weighted by molar-refractivity contribution is 7.80. The van der Waals surface area contributed by atoms with Gasteiger partial charge < -0.3 is 31.5 Å². The molecule has 0 aromatic heterocycles. The second kappa shape index (κ2) is 12.4. The van der Waals surface area contributed by atoms with Crippen LogP contribution in [0.3, 0.4) is 0 Å². The van der Waals surface area contributed by atoms with Crippen LogP contribution < -0.4 is 21.3 Å². The summed E-state index contributed by atoms with van der Waals surface area (Å²) in [6.45, 7) is 3.93. The maximum atomic E-state index is 12.7. The number of carbonyl (C=O) groups excluding carboxylic acids is 3. The Kier molecular flexibility index (Phi) is 10.6. The molecule has 0 spiro atoms. The molecular weight excluding hydrogens is 416 g/mol. The normalized spacial score (nSPS) is 18.9. The average Bonchev–Trinajstić information content (AvgIpc) is 3.21. The first-order valence-corrected chi connectivity index (χ1v) is 10.4. The Balaban J connectivity index is 2.81. The third-order valence-corrected chi connectivity index (χ3v) is 5.07. The molecular formula is C18H30N4O7S. The highest BCUT2D eigenvalue weighted by Gasteiger charge is 2.31. The van der Waals surface area contributed by atoms with E-state index in [1.807, 2.05) is 0 Å². The maximum Gasteiger partial charge on any atom is 0.326 e. The number of hydrogen-bond acceptors (Lipinski definition) is 7. The first kappa shape index (κ1) is 25.7. The molecule has 4 unspecified atom stereocenters. The molecule has 6 N–H and O–H groups in total. The summed E-state index contributed by atoms with van der Waals surface area (Å²) in [6.07, 6.45) is 0.895. The van der Waals surface area contributed by atoms with Crippen molar-refractivity contribution < 1.29 is 34.2 Å². The molecule has 3 amide bonds. The number of carboxylic acid groups (broad SMARTS) is 2. The zero-order valence-electron chi connectivity index (χ0n) is 17.0. The molecule has 1 aliphatic rings. The Morgan fingerprint density at radius 2 is 1.67 bits per heavy atom. The number of thiol groups is 1. The Morgan fingerprint density at radius 1 is 1.03 bits per heavy atom. The van der Waals surface area contributed by atoms with Gasteiger partial charge in [-0.1, -0.05) is 13.8 Å². The number of rotatable bonds is 12. The fraction of sp³-hybridized carbons (Fsp3) is 0.722. The quantitative estimate of drug-likeness (QED) is 0.182. The van der Waals surface area contributed by atoms with E-state index < -0.39 is 53.8 Å². The number of carbonyl (C=O) groups is 5. The van der Waals surface area contributed by atoms with Gasteiger partial charge in [-0.15, -0.1) is 0 Å². The van der Waals surface area contributed by atoms with Gasteiger partial charge in [0.05, 0.1) is 6.04 Å². The van der Waals surface area contributed by atoms with Crippen LogP contribution in [0, 0.1) is 5.92 Å². The lowest BCUT2D eigenvalue weighted by Gasteiger charge is -2.25. The standard InChI is InChI=1S/C18H30N4O7S/c1-9(2)14(18(28)29)22-17(27)12(8-30)21-16(26)11(5-6-13(23)24)20-15(25)10-4-3-7-19-10/h9-12,14,19,30H,3-8H2,1-2H3,(H,20,25)(H,21,26)(H,22,27)(H,23,24)(H,28,29). The van der Waals surface area contributed by atoms with Crippen LogP contribution in [0.25, 0.3) is 0 Å². The molecule has 1 aliphatic heterocycles. The van der Waals surface area contributed by atoms with Gasteiger partial charge in [-0.25, -0.2) is 4.79 Å². The van der Waals surface area contributed by atoms with Crippen molar-refractivity contribution in [3.8, 4) is 0 Å². The van der Waals surface area contributed by atoms with Crippen molar-refractivity contribution in [1.29, 1.82) is 0 Å². The van der Waals surface area contributed by atoms with Crippen LogP contribution in [-0.2, 0) is 24.0 Å². The summed E-state index contributed by atoms with van der Waals surface area (Å²) in [5.74, 6) is -4.75. The third-order valence-electron chi connectivity index (χ3n) is 4.70. The molecule has 11 nitrogen and oxygen atoms in total. The van der Waals surface area contributed by atoms with Gasteiger partial charge in [0.1, 0.15) is 18.1 Å². The van der Waals surface area contributed by atoms with E-state index in [9.17, 15) is 29.1 Å². The SMILES string of the molecule is CC(C)C(NC(=O)C(CS)NC(=O)C(CCC(=O)O)NC(=O)C1CCCN1)C(=O)O. The van der Waals surface area contributed by atoms with Crippen LogP contribution in [0.4, 0.5) is 0 Å². The van der Waals surface area contributed by atoms with E-state index in [0.29, 0.717) is 13.0 Å². The average molecular weight is 447 g/mol. The number of carboxylic acids is 2. The molecule has 1 fully saturated rings. The van der Waals surface area contributed by atoms with Crippen molar-refractivity contribution >= 4 is 42.3 Å². The molecule has 12 heteroatoms. The molecule has 0 aliphatic carbocycles. The van der Waals surface area contributed by atoms with Gasteiger partial charge in [-0.3, -0.25) is 19.2 Å². The van der Waals surface area contributed by atoms with E-state index in [1.54, 1.807) is 13.8 Å². The van der Waals surface area contributed by atoms with Gasteiger partial charge in [0.25, 0.3) is 0 Å². The molecule has 30 heavy (non-hydrogen) atoms. The predicted molar refractivity (Wildman–Crippen MR) is 110 cm³/mol. The minimum absolute atomic E-state index is 0.119. The van der Waals surface area contributed by atoms with E-state index in [0.717, 1.165) is 6.42 Å². The summed E-state index contributed by atoms with van der Waals surface area (Å²) < 4.78 is 0. The van der Waals surface area contributed by atoms with Crippen LogP contribution in [0.5, 0.6) is 0 Å². The van der Waals surface area contributed by atoms with Gasteiger partial charge in [-0.2, -0.15) is 12.6 Å². The van der Waals surface area contributed by atoms with Gasteiger partial charge in [-0.05, 0) is 31.7 Å². The van der Waals surface area contributed by atoms with Crippen molar-refractivity contribution in [2.24, 2.45) is 5.92 Å².